The lowest BCUT2D eigenvalue weighted by Gasteiger charge is -1.98. The van der Waals surface area contributed by atoms with Gasteiger partial charge in [-0.1, -0.05) is 29.5 Å². The van der Waals surface area contributed by atoms with Crippen LogP contribution in [0.25, 0.3) is 11.3 Å². The lowest BCUT2D eigenvalue weighted by molar-refractivity contribution is -0.524. The van der Waals surface area contributed by atoms with Gasteiger partial charge in [-0.3, -0.25) is 0 Å². The molecule has 2 N–H and O–H groups in total. The third-order valence-corrected chi connectivity index (χ3v) is 2.09. The van der Waals surface area contributed by atoms with Crippen LogP contribution in [-0.2, 0) is 0 Å². The maximum absolute atomic E-state index is 11.3. The summed E-state index contributed by atoms with van der Waals surface area (Å²) in [5.41, 5.74) is 2.35. The number of aromatic nitrogens is 4. The van der Waals surface area contributed by atoms with Crippen molar-refractivity contribution in [2.75, 3.05) is 0 Å². The van der Waals surface area contributed by atoms with E-state index in [4.69, 9.17) is 0 Å². The summed E-state index contributed by atoms with van der Waals surface area (Å²) in [6.45, 7) is 5.76. The van der Waals surface area contributed by atoms with Gasteiger partial charge in [0.05, 0.1) is 0 Å². The summed E-state index contributed by atoms with van der Waals surface area (Å²) in [4.78, 5) is 11.3. The summed E-state index contributed by atoms with van der Waals surface area (Å²) in [5, 5.41) is 8.54. The quantitative estimate of drug-likeness (QED) is 0.768. The number of rotatable bonds is 2. The molecule has 0 aliphatic heterocycles. The number of aromatic amines is 2. The first kappa shape index (κ1) is 9.39. The Morgan fingerprint density at radius 3 is 3.00 bits per heavy atom. The molecule has 2 rings (SSSR count). The molecule has 15 heavy (non-hydrogen) atoms. The van der Waals surface area contributed by atoms with Crippen molar-refractivity contribution in [1.29, 1.82) is 0 Å². The number of nitrogens with zero attached hydrogens (tertiary/aromatic N) is 2. The fraction of sp³-hybridized carbons (Fsp3) is 0.100. The summed E-state index contributed by atoms with van der Waals surface area (Å²) >= 11 is 0. The Labute approximate surface area is 86.0 Å². The number of hydrogen-bond donors (Lipinski definition) is 1. The molecule has 5 heteroatoms. The molecule has 5 nitrogen and oxygen atoms in total. The minimum atomic E-state index is -0.297. The highest BCUT2D eigenvalue weighted by atomic mass is 16.2. The van der Waals surface area contributed by atoms with Crippen LogP contribution < -0.4 is 10.9 Å². The van der Waals surface area contributed by atoms with Crippen molar-refractivity contribution in [3.63, 3.8) is 0 Å². The van der Waals surface area contributed by atoms with Crippen LogP contribution in [0.1, 0.15) is 12.5 Å². The summed E-state index contributed by atoms with van der Waals surface area (Å²) < 4.78 is 1.26. The van der Waals surface area contributed by atoms with E-state index in [2.05, 4.69) is 22.1 Å². The van der Waals surface area contributed by atoms with Gasteiger partial charge >= 0.3 is 5.69 Å². The molecule has 0 saturated heterocycles. The van der Waals surface area contributed by atoms with E-state index in [-0.39, 0.29) is 5.69 Å². The molecule has 0 fully saturated rings. The van der Waals surface area contributed by atoms with Crippen LogP contribution in [0.4, 0.5) is 0 Å². The van der Waals surface area contributed by atoms with Crippen molar-refractivity contribution >= 4 is 5.57 Å². The highest BCUT2D eigenvalue weighted by molar-refractivity contribution is 5.63. The molecule has 0 amide bonds. The first-order valence-corrected chi connectivity index (χ1v) is 4.50. The van der Waals surface area contributed by atoms with Crippen molar-refractivity contribution in [3.8, 4) is 5.69 Å². The molecule has 1 aromatic heterocycles. The normalized spacial score (nSPS) is 10.2. The van der Waals surface area contributed by atoms with Crippen LogP contribution in [0, 0.1) is 0 Å². The third-order valence-electron chi connectivity index (χ3n) is 2.09. The minimum Gasteiger partial charge on any atom is -0.214 e. The average molecular weight is 203 g/mol. The molecule has 1 heterocycles. The van der Waals surface area contributed by atoms with Crippen molar-refractivity contribution in [3.05, 3.63) is 46.9 Å². The van der Waals surface area contributed by atoms with Gasteiger partial charge in [-0.05, 0) is 29.3 Å². The summed E-state index contributed by atoms with van der Waals surface area (Å²) in [5.74, 6) is 0. The monoisotopic (exact) mass is 203 g/mol. The zero-order chi connectivity index (χ0) is 10.8. The van der Waals surface area contributed by atoms with E-state index in [1.807, 2.05) is 31.2 Å². The molecule has 76 valence electrons. The van der Waals surface area contributed by atoms with E-state index >= 15 is 0 Å². The standard InChI is InChI=1S/C10H10N4O/c1-7(2)8-4-3-5-9(6-8)14-10(15)11-12-13-14/h3-6H,1H2,2H3,(H,11,13,15)/p+1. The second-order valence-electron chi connectivity index (χ2n) is 3.28. The molecule has 0 aliphatic rings. The molecule has 0 bridgehead atoms. The molecule has 0 aliphatic carbocycles. The molecule has 0 unspecified atom stereocenters. The van der Waals surface area contributed by atoms with Gasteiger partial charge in [0, 0.05) is 0 Å². The van der Waals surface area contributed by atoms with Crippen LogP contribution in [-0.4, -0.2) is 15.0 Å². The third kappa shape index (κ3) is 1.71. The van der Waals surface area contributed by atoms with Gasteiger partial charge in [0.1, 0.15) is 5.21 Å². The van der Waals surface area contributed by atoms with E-state index in [0.29, 0.717) is 5.69 Å². The maximum atomic E-state index is 11.3. The molecule has 0 spiro atoms. The summed E-state index contributed by atoms with van der Waals surface area (Å²) in [6, 6.07) is 7.47. The van der Waals surface area contributed by atoms with Crippen molar-refractivity contribution in [2.24, 2.45) is 0 Å². The van der Waals surface area contributed by atoms with Crippen LogP contribution >= 0.6 is 0 Å². The van der Waals surface area contributed by atoms with Crippen molar-refractivity contribution in [2.45, 2.75) is 6.92 Å². The predicted octanol–water partition coefficient (Wildman–Crippen LogP) is 0.408. The molecular formula is C10H11N4O+. The average Bonchev–Trinajstić information content (AvgIpc) is 2.64. The van der Waals surface area contributed by atoms with E-state index in [1.54, 1.807) is 0 Å². The van der Waals surface area contributed by atoms with E-state index in [9.17, 15) is 4.79 Å². The van der Waals surface area contributed by atoms with Crippen LogP contribution in [0.3, 0.4) is 0 Å². The molecule has 0 saturated carbocycles. The lowest BCUT2D eigenvalue weighted by atomic mass is 10.1. The fourth-order valence-corrected chi connectivity index (χ4v) is 1.30. The van der Waals surface area contributed by atoms with Gasteiger partial charge in [-0.15, -0.1) is 5.10 Å². The highest BCUT2D eigenvalue weighted by Crippen LogP contribution is 2.14. The Kier molecular flexibility index (Phi) is 2.21. The molecule has 0 atom stereocenters. The zero-order valence-electron chi connectivity index (χ0n) is 8.32. The first-order valence-electron chi connectivity index (χ1n) is 4.50. The Balaban J connectivity index is 2.55. The smallest absolute Gasteiger partial charge is 0.214 e. The van der Waals surface area contributed by atoms with Crippen LogP contribution in [0.2, 0.25) is 0 Å². The number of nitrogens with one attached hydrogen (secondary N) is 2. The molecule has 1 aromatic carbocycles. The summed E-state index contributed by atoms with van der Waals surface area (Å²) in [7, 11) is 0. The topological polar surface area (TPSA) is 64.8 Å². The number of benzene rings is 1. The highest BCUT2D eigenvalue weighted by Gasteiger charge is 2.10. The first-order chi connectivity index (χ1) is 7.18. The molecule has 0 radical (unpaired) electrons. The number of hydrogen-bond acceptors (Lipinski definition) is 2. The van der Waals surface area contributed by atoms with Gasteiger partial charge < -0.3 is 0 Å². The zero-order valence-corrected chi connectivity index (χ0v) is 8.32. The second-order valence-corrected chi connectivity index (χ2v) is 3.28. The molecular weight excluding hydrogens is 192 g/mol. The van der Waals surface area contributed by atoms with Crippen molar-refractivity contribution < 1.29 is 5.21 Å². The number of H-pyrrole nitrogens is 2. The van der Waals surface area contributed by atoms with Gasteiger partial charge in [0.2, 0.25) is 0 Å². The molecule has 2 aromatic rings. The Bertz CT molecular complexity index is 552. The largest absolute Gasteiger partial charge is 0.471 e. The van der Waals surface area contributed by atoms with Crippen LogP contribution in [0.5, 0.6) is 0 Å². The second kappa shape index (κ2) is 3.53. The number of tetrazole rings is 1. The van der Waals surface area contributed by atoms with E-state index in [0.717, 1.165) is 11.1 Å². The van der Waals surface area contributed by atoms with E-state index in [1.165, 1.54) is 4.68 Å². The summed E-state index contributed by atoms with van der Waals surface area (Å²) in [6.07, 6.45) is 0. The Hall–Kier alpha value is -2.17. The fourth-order valence-electron chi connectivity index (χ4n) is 1.30. The van der Waals surface area contributed by atoms with E-state index < -0.39 is 0 Å². The minimum absolute atomic E-state index is 0.297. The van der Waals surface area contributed by atoms with Gasteiger partial charge in [-0.25, -0.2) is 4.79 Å². The Morgan fingerprint density at radius 1 is 1.60 bits per heavy atom. The number of allylic oxidation sites excluding steroid dienone is 1. The van der Waals surface area contributed by atoms with Gasteiger partial charge in [0.15, 0.2) is 5.69 Å². The maximum Gasteiger partial charge on any atom is 0.471 e. The Morgan fingerprint density at radius 2 is 2.40 bits per heavy atom. The van der Waals surface area contributed by atoms with Crippen molar-refractivity contribution in [1.82, 2.24) is 15.0 Å². The van der Waals surface area contributed by atoms with Gasteiger partial charge in [0.25, 0.3) is 0 Å². The van der Waals surface area contributed by atoms with Crippen LogP contribution in [0.15, 0.2) is 35.6 Å². The predicted molar refractivity (Wildman–Crippen MR) is 55.4 cm³/mol. The SMILES string of the molecule is C=C(C)c1cccc(-n2n[nH+][nH]c2=O)c1. The lowest BCUT2D eigenvalue weighted by Crippen LogP contribution is -2.16. The van der Waals surface area contributed by atoms with Gasteiger partial charge in [-0.2, -0.15) is 0 Å².